The van der Waals surface area contributed by atoms with Gasteiger partial charge in [-0.25, -0.2) is 9.59 Å². The zero-order valence-corrected chi connectivity index (χ0v) is 22.1. The van der Waals surface area contributed by atoms with E-state index in [0.717, 1.165) is 16.2 Å². The van der Waals surface area contributed by atoms with E-state index in [9.17, 15) is 50.6 Å². The van der Waals surface area contributed by atoms with Crippen molar-refractivity contribution in [1.82, 2.24) is 15.2 Å². The van der Waals surface area contributed by atoms with E-state index in [1.54, 1.807) is 6.07 Å². The summed E-state index contributed by atoms with van der Waals surface area (Å²) in [7, 11) is 0. The highest BCUT2D eigenvalue weighted by molar-refractivity contribution is 7.16. The molecule has 1 saturated heterocycles. The maximum absolute atomic E-state index is 13.4. The van der Waals surface area contributed by atoms with Crippen LogP contribution in [-0.2, 0) is 35.0 Å². The van der Waals surface area contributed by atoms with Crippen molar-refractivity contribution in [2.24, 2.45) is 0 Å². The summed E-state index contributed by atoms with van der Waals surface area (Å²) in [4.78, 5) is 51.1. The normalized spacial score (nSPS) is 15.1. The van der Waals surface area contributed by atoms with Crippen molar-refractivity contribution in [2.75, 3.05) is 32.8 Å². The molecular weight excluding hydrogens is 592 g/mol. The average molecular weight is 618 g/mol. The number of H-pyrrole nitrogens is 1. The number of hydrogen-bond donors (Lipinski definition) is 3. The van der Waals surface area contributed by atoms with Gasteiger partial charge in [0.05, 0.1) is 4.70 Å². The molecule has 1 aromatic heterocycles. The number of halogens is 6. The number of fused-ring (bicyclic) bond motifs is 1. The topological polar surface area (TPSA) is 147 Å². The highest BCUT2D eigenvalue weighted by Gasteiger charge is 2.55. The summed E-state index contributed by atoms with van der Waals surface area (Å²) in [6.07, 6.45) is -10.8. The highest BCUT2D eigenvalue weighted by atomic mass is 32.1. The second kappa shape index (κ2) is 12.6. The zero-order valence-electron chi connectivity index (χ0n) is 21.3. The van der Waals surface area contributed by atoms with Crippen molar-refractivity contribution in [1.29, 1.82) is 0 Å². The van der Waals surface area contributed by atoms with Gasteiger partial charge in [-0.1, -0.05) is 17.4 Å². The van der Waals surface area contributed by atoms with E-state index in [1.165, 1.54) is 6.07 Å². The maximum Gasteiger partial charge on any atom is 0.491 e. The molecule has 1 aromatic carbocycles. The first-order valence-electron chi connectivity index (χ1n) is 12.1. The Morgan fingerprint density at radius 2 is 1.66 bits per heavy atom. The highest BCUT2D eigenvalue weighted by Crippen LogP contribution is 2.30. The zero-order chi connectivity index (χ0) is 30.6. The van der Waals surface area contributed by atoms with Gasteiger partial charge in [-0.2, -0.15) is 26.3 Å². The number of amides is 1. The minimum atomic E-state index is -5.70. The van der Waals surface area contributed by atoms with Gasteiger partial charge in [0.15, 0.2) is 0 Å². The SMILES string of the molecule is CC(OC(=O)C(F)(F)F)(OC(=O)C(F)(F)F)C(=O)N(CCNCCc1ccc(O)c2[nH]c(=O)sc12)C1CCOCC1. The summed E-state index contributed by atoms with van der Waals surface area (Å²) in [6.45, 7) is 0.532. The van der Waals surface area contributed by atoms with E-state index in [2.05, 4.69) is 19.8 Å². The van der Waals surface area contributed by atoms with Gasteiger partial charge in [0.1, 0.15) is 11.3 Å². The number of carbonyl (C=O) groups is 3. The molecule has 2 aromatic rings. The Labute approximate surface area is 231 Å². The van der Waals surface area contributed by atoms with Crippen molar-refractivity contribution in [2.45, 2.75) is 50.4 Å². The summed E-state index contributed by atoms with van der Waals surface area (Å²) in [5.41, 5.74) is 0.978. The van der Waals surface area contributed by atoms with Crippen LogP contribution in [0.3, 0.4) is 0 Å². The number of hydrogen-bond acceptors (Lipinski definition) is 10. The number of phenolic OH excluding ortho intramolecular Hbond substituents is 1. The van der Waals surface area contributed by atoms with Gasteiger partial charge in [0.25, 0.3) is 0 Å². The second-order valence-corrected chi connectivity index (χ2v) is 10.0. The Bertz CT molecular complexity index is 1290. The molecule has 3 N–H and O–H groups in total. The van der Waals surface area contributed by atoms with Crippen LogP contribution < -0.4 is 10.2 Å². The first-order chi connectivity index (χ1) is 19.0. The summed E-state index contributed by atoms with van der Waals surface area (Å²) in [5, 5.41) is 12.9. The largest absolute Gasteiger partial charge is 0.506 e. The van der Waals surface area contributed by atoms with Gasteiger partial charge >= 0.3 is 40.9 Å². The van der Waals surface area contributed by atoms with Gasteiger partial charge in [-0.05, 0) is 37.4 Å². The Kier molecular flexibility index (Phi) is 9.91. The number of esters is 2. The third-order valence-corrected chi connectivity index (χ3v) is 7.02. The average Bonchev–Trinajstić information content (AvgIpc) is 3.29. The molecule has 1 aliphatic rings. The molecule has 0 aliphatic carbocycles. The molecule has 0 saturated carbocycles. The molecule has 0 radical (unpaired) electrons. The summed E-state index contributed by atoms with van der Waals surface area (Å²) >= 11 is 0.893. The Morgan fingerprint density at radius 1 is 1.07 bits per heavy atom. The molecule has 2 heterocycles. The third kappa shape index (κ3) is 8.10. The predicted molar refractivity (Wildman–Crippen MR) is 129 cm³/mol. The van der Waals surface area contributed by atoms with Crippen molar-refractivity contribution in [3.8, 4) is 5.75 Å². The number of thiazole rings is 1. The van der Waals surface area contributed by atoms with Gasteiger partial charge in [-0.3, -0.25) is 9.59 Å². The van der Waals surface area contributed by atoms with E-state index < -0.39 is 42.0 Å². The van der Waals surface area contributed by atoms with Gasteiger partial charge in [0.2, 0.25) is 0 Å². The van der Waals surface area contributed by atoms with E-state index in [0.29, 0.717) is 23.6 Å². The Balaban J connectivity index is 1.76. The molecule has 18 heteroatoms. The lowest BCUT2D eigenvalue weighted by Gasteiger charge is -2.39. The Hall–Kier alpha value is -3.38. The monoisotopic (exact) mass is 617 g/mol. The summed E-state index contributed by atoms with van der Waals surface area (Å²) in [6, 6.07) is 2.26. The van der Waals surface area contributed by atoms with Crippen LogP contribution in [0.2, 0.25) is 0 Å². The number of aromatic amines is 1. The number of benzene rings is 1. The summed E-state index contributed by atoms with van der Waals surface area (Å²) in [5.74, 6) is -11.3. The fourth-order valence-electron chi connectivity index (χ4n) is 4.10. The molecule has 0 spiro atoms. The molecule has 1 aliphatic heterocycles. The lowest BCUT2D eigenvalue weighted by molar-refractivity contribution is -0.265. The lowest BCUT2D eigenvalue weighted by atomic mass is 10.1. The van der Waals surface area contributed by atoms with Crippen LogP contribution in [-0.4, -0.2) is 89.9 Å². The van der Waals surface area contributed by atoms with Crippen LogP contribution in [0.5, 0.6) is 5.75 Å². The Morgan fingerprint density at radius 3 is 2.22 bits per heavy atom. The molecule has 11 nitrogen and oxygen atoms in total. The number of nitrogens with zero attached hydrogens (tertiary/aromatic N) is 1. The minimum absolute atomic E-state index is 0.0236. The number of nitrogens with one attached hydrogen (secondary N) is 2. The molecule has 3 rings (SSSR count). The van der Waals surface area contributed by atoms with Crippen LogP contribution in [0.4, 0.5) is 26.3 Å². The van der Waals surface area contributed by atoms with Gasteiger partial charge < -0.3 is 34.5 Å². The quantitative estimate of drug-likeness (QED) is 0.158. The first kappa shape index (κ1) is 32.1. The summed E-state index contributed by atoms with van der Waals surface area (Å²) < 4.78 is 91.2. The first-order valence-corrected chi connectivity index (χ1v) is 12.9. The molecule has 1 fully saturated rings. The fraction of sp³-hybridized carbons (Fsp3) is 0.565. The maximum atomic E-state index is 13.4. The second-order valence-electron chi connectivity index (χ2n) is 9.02. The van der Waals surface area contributed by atoms with E-state index in [1.807, 2.05) is 0 Å². The molecule has 0 atom stereocenters. The number of ether oxygens (including phenoxy) is 3. The van der Waals surface area contributed by atoms with Crippen LogP contribution >= 0.6 is 11.3 Å². The fourth-order valence-corrected chi connectivity index (χ4v) is 5.00. The number of rotatable bonds is 10. The van der Waals surface area contributed by atoms with E-state index in [-0.39, 0.29) is 61.8 Å². The van der Waals surface area contributed by atoms with Crippen molar-refractivity contribution < 1.29 is 60.0 Å². The molecule has 0 unspecified atom stereocenters. The molecule has 1 amide bonds. The van der Waals surface area contributed by atoms with Crippen LogP contribution in [0.25, 0.3) is 10.2 Å². The van der Waals surface area contributed by atoms with Crippen LogP contribution in [0.15, 0.2) is 16.9 Å². The standard InChI is InChI=1S/C23H25F6N3O8S/c1-21(39-18(35)22(24,25)26,40-19(36)23(27,28)29)17(34)32(13-5-10-38-11-6-13)9-8-30-7-4-12-2-3-14(33)15-16(12)41-20(37)31-15/h2-3,13,30,33H,4-11H2,1H3,(H,31,37). The van der Waals surface area contributed by atoms with Crippen LogP contribution in [0.1, 0.15) is 25.3 Å². The number of phenols is 1. The van der Waals surface area contributed by atoms with Gasteiger partial charge in [-0.15, -0.1) is 0 Å². The number of aromatic nitrogens is 1. The third-order valence-electron chi connectivity index (χ3n) is 6.06. The van der Waals surface area contributed by atoms with Crippen molar-refractivity contribution in [3.05, 3.63) is 27.4 Å². The minimum Gasteiger partial charge on any atom is -0.506 e. The predicted octanol–water partition coefficient (Wildman–Crippen LogP) is 2.36. The van der Waals surface area contributed by atoms with E-state index >= 15 is 0 Å². The molecule has 41 heavy (non-hydrogen) atoms. The molecule has 0 bridgehead atoms. The number of alkyl halides is 6. The molecular formula is C23H25F6N3O8S. The molecule has 228 valence electrons. The number of aromatic hydroxyl groups is 1. The van der Waals surface area contributed by atoms with Crippen LogP contribution in [0, 0.1) is 0 Å². The lowest BCUT2D eigenvalue weighted by Crippen LogP contribution is -2.59. The van der Waals surface area contributed by atoms with Crippen molar-refractivity contribution >= 4 is 39.4 Å². The number of carbonyl (C=O) groups excluding carboxylic acids is 3. The van der Waals surface area contributed by atoms with Crippen molar-refractivity contribution in [3.63, 3.8) is 0 Å². The smallest absolute Gasteiger partial charge is 0.491 e. The van der Waals surface area contributed by atoms with Gasteiger partial charge in [0, 0.05) is 39.3 Å². The van der Waals surface area contributed by atoms with E-state index in [4.69, 9.17) is 4.74 Å².